The molecule has 0 bridgehead atoms. The minimum atomic E-state index is -1.29. The second-order valence-corrected chi connectivity index (χ2v) is 14.5. The Bertz CT molecular complexity index is 909. The van der Waals surface area contributed by atoms with Crippen molar-refractivity contribution in [3.05, 3.63) is 12.2 Å². The van der Waals surface area contributed by atoms with Gasteiger partial charge < -0.3 is 43.6 Å². The third kappa shape index (κ3) is 11.2. The Kier molecular flexibility index (Phi) is 13.5. The Morgan fingerprint density at radius 3 is 2.14 bits per heavy atom. The second kappa shape index (κ2) is 16.0. The molecule has 44 heavy (non-hydrogen) atoms. The van der Waals surface area contributed by atoms with E-state index >= 15 is 0 Å². The van der Waals surface area contributed by atoms with Crippen LogP contribution in [0.1, 0.15) is 126 Å². The fraction of sp³-hybridized carbons (Fsp3) is 0.912. The molecule has 10 nitrogen and oxygen atoms in total. The quantitative estimate of drug-likeness (QED) is 0.146. The predicted octanol–water partition coefficient (Wildman–Crippen LogP) is 6.52. The van der Waals surface area contributed by atoms with Gasteiger partial charge in [0.05, 0.1) is 26.4 Å². The van der Waals surface area contributed by atoms with Crippen LogP contribution in [0.15, 0.2) is 12.2 Å². The molecule has 0 radical (unpaired) electrons. The van der Waals surface area contributed by atoms with Gasteiger partial charge in [0.15, 0.2) is 17.4 Å². The molecule has 256 valence electrons. The van der Waals surface area contributed by atoms with Crippen molar-refractivity contribution < 1.29 is 43.1 Å². The lowest BCUT2D eigenvalue weighted by Crippen LogP contribution is -2.72. The Hall–Kier alpha value is -1.27. The van der Waals surface area contributed by atoms with Gasteiger partial charge in [-0.05, 0) is 74.1 Å². The van der Waals surface area contributed by atoms with E-state index in [-0.39, 0.29) is 12.4 Å². The maximum Gasteiger partial charge on any atom is 0.408 e. The monoisotopic (exact) mass is 627 g/mol. The van der Waals surface area contributed by atoms with Crippen LogP contribution in [-0.4, -0.2) is 84.4 Å². The third-order valence-corrected chi connectivity index (χ3v) is 8.36. The van der Waals surface area contributed by atoms with Crippen molar-refractivity contribution in [3.63, 3.8) is 0 Å². The molecule has 0 saturated carbocycles. The summed E-state index contributed by atoms with van der Waals surface area (Å²) < 4.78 is 42.5. The normalized spacial score (nSPS) is 29.7. The lowest BCUT2D eigenvalue weighted by atomic mass is 9.86. The summed E-state index contributed by atoms with van der Waals surface area (Å²) in [5, 5.41) is 13.5. The molecule has 3 aliphatic heterocycles. The van der Waals surface area contributed by atoms with Gasteiger partial charge in [-0.2, -0.15) is 0 Å². The van der Waals surface area contributed by atoms with Crippen molar-refractivity contribution in [1.29, 1.82) is 0 Å². The van der Waals surface area contributed by atoms with E-state index in [1.165, 1.54) is 19.3 Å². The van der Waals surface area contributed by atoms with E-state index in [0.29, 0.717) is 13.2 Å². The molecule has 0 aromatic heterocycles. The summed E-state index contributed by atoms with van der Waals surface area (Å²) in [5.74, 6) is -2.19. The first-order valence-corrected chi connectivity index (χ1v) is 16.9. The summed E-state index contributed by atoms with van der Waals surface area (Å²) in [6.07, 6.45) is 13.9. The average Bonchev–Trinajstić information content (AvgIpc) is 3.51. The van der Waals surface area contributed by atoms with Crippen LogP contribution >= 0.6 is 0 Å². The number of allylic oxidation sites excluding steroid dienone is 1. The van der Waals surface area contributed by atoms with Crippen molar-refractivity contribution in [2.45, 2.75) is 173 Å². The van der Waals surface area contributed by atoms with E-state index in [0.717, 1.165) is 51.4 Å². The Balaban J connectivity index is 1.56. The molecule has 3 saturated heterocycles. The standard InChI is InChI=1S/C34H61NO9/c1-9-10-11-17-20-34(38-22-23-39-34)21-18-15-13-12-14-16-19-26-27(42-32(7,8)41-26)28-33(24-36,25-40-31(5,6)43-28)35-29(37)44-30(2,3)4/h16,19,26-28,36H,9-15,17-18,20-25H2,1-8H3,(H,35,37)/b19-16+/t26-,27+,28-,33-/m0/s1. The first-order chi connectivity index (χ1) is 20.6. The zero-order valence-electron chi connectivity index (χ0n) is 28.7. The van der Waals surface area contributed by atoms with Crippen molar-refractivity contribution in [1.82, 2.24) is 5.32 Å². The number of nitrogens with one attached hydrogen (secondary N) is 1. The Morgan fingerprint density at radius 2 is 1.52 bits per heavy atom. The van der Waals surface area contributed by atoms with Gasteiger partial charge in [-0.25, -0.2) is 4.79 Å². The summed E-state index contributed by atoms with van der Waals surface area (Å²) in [5.41, 5.74) is -2.00. The van der Waals surface area contributed by atoms with Crippen LogP contribution in [0.2, 0.25) is 0 Å². The first-order valence-electron chi connectivity index (χ1n) is 16.9. The molecule has 0 aromatic rings. The van der Waals surface area contributed by atoms with Crippen molar-refractivity contribution >= 4 is 6.09 Å². The number of rotatable bonds is 16. The van der Waals surface area contributed by atoms with E-state index in [2.05, 4.69) is 18.3 Å². The number of unbranched alkanes of at least 4 members (excludes halogenated alkanes) is 7. The van der Waals surface area contributed by atoms with Crippen molar-refractivity contribution in [3.8, 4) is 0 Å². The number of hydrogen-bond acceptors (Lipinski definition) is 9. The minimum Gasteiger partial charge on any atom is -0.444 e. The van der Waals surface area contributed by atoms with Crippen LogP contribution in [0.5, 0.6) is 0 Å². The Labute approximate surface area is 265 Å². The molecule has 4 atom stereocenters. The van der Waals surface area contributed by atoms with E-state index in [1.54, 1.807) is 34.6 Å². The lowest BCUT2D eigenvalue weighted by molar-refractivity contribution is -0.324. The number of hydrogen-bond donors (Lipinski definition) is 2. The zero-order chi connectivity index (χ0) is 32.5. The predicted molar refractivity (Wildman–Crippen MR) is 168 cm³/mol. The zero-order valence-corrected chi connectivity index (χ0v) is 28.7. The highest BCUT2D eigenvalue weighted by atomic mass is 16.8. The molecule has 0 unspecified atom stereocenters. The number of aliphatic hydroxyl groups excluding tert-OH is 1. The highest BCUT2D eigenvalue weighted by Gasteiger charge is 2.58. The van der Waals surface area contributed by atoms with Gasteiger partial charge in [-0.3, -0.25) is 0 Å². The molecule has 10 heteroatoms. The molecule has 0 spiro atoms. The van der Waals surface area contributed by atoms with E-state index in [1.807, 2.05) is 19.9 Å². The fourth-order valence-corrected chi connectivity index (χ4v) is 6.18. The lowest BCUT2D eigenvalue weighted by Gasteiger charge is -2.50. The van der Waals surface area contributed by atoms with Gasteiger partial charge in [0.25, 0.3) is 0 Å². The van der Waals surface area contributed by atoms with Crippen LogP contribution in [-0.2, 0) is 33.2 Å². The number of alkyl carbamates (subject to hydrolysis) is 1. The Morgan fingerprint density at radius 1 is 0.886 bits per heavy atom. The van der Waals surface area contributed by atoms with Crippen molar-refractivity contribution in [2.75, 3.05) is 26.4 Å². The molecular formula is C34H61NO9. The van der Waals surface area contributed by atoms with Gasteiger partial charge in [0, 0.05) is 12.8 Å². The van der Waals surface area contributed by atoms with Crippen LogP contribution in [0.4, 0.5) is 4.79 Å². The van der Waals surface area contributed by atoms with Crippen LogP contribution in [0.25, 0.3) is 0 Å². The SMILES string of the molecule is CCCCCCC1(CCCCCC/C=C/[C@@H]2OC(C)(C)O[C@H]2[C@@H]2OC(C)(C)OC[C@]2(CO)NC(=O)OC(C)(C)C)OCCO1. The van der Waals surface area contributed by atoms with Crippen LogP contribution < -0.4 is 5.32 Å². The van der Waals surface area contributed by atoms with Gasteiger partial charge >= 0.3 is 6.09 Å². The molecule has 3 rings (SSSR count). The maximum atomic E-state index is 12.8. The molecule has 3 fully saturated rings. The molecule has 0 aliphatic carbocycles. The maximum absolute atomic E-state index is 12.8. The third-order valence-electron chi connectivity index (χ3n) is 8.36. The highest BCUT2D eigenvalue weighted by Crippen LogP contribution is 2.40. The smallest absolute Gasteiger partial charge is 0.408 e. The summed E-state index contributed by atoms with van der Waals surface area (Å²) >= 11 is 0. The van der Waals surface area contributed by atoms with Crippen molar-refractivity contribution in [2.24, 2.45) is 0 Å². The number of aliphatic hydroxyl groups is 1. The molecule has 3 heterocycles. The number of carbonyl (C=O) groups excluding carboxylic acids is 1. The molecule has 1 amide bonds. The topological polar surface area (TPSA) is 114 Å². The van der Waals surface area contributed by atoms with Crippen LogP contribution in [0.3, 0.4) is 0 Å². The first kappa shape index (κ1) is 37.2. The van der Waals surface area contributed by atoms with Gasteiger partial charge in [0.2, 0.25) is 0 Å². The minimum absolute atomic E-state index is 0.0211. The number of amides is 1. The van der Waals surface area contributed by atoms with E-state index in [9.17, 15) is 9.90 Å². The molecular weight excluding hydrogens is 566 g/mol. The molecule has 2 N–H and O–H groups in total. The number of carbonyl (C=O) groups is 1. The fourth-order valence-electron chi connectivity index (χ4n) is 6.18. The van der Waals surface area contributed by atoms with Gasteiger partial charge in [-0.1, -0.05) is 51.2 Å². The largest absolute Gasteiger partial charge is 0.444 e. The molecule has 0 aromatic carbocycles. The highest BCUT2D eigenvalue weighted by molar-refractivity contribution is 5.69. The summed E-state index contributed by atoms with van der Waals surface area (Å²) in [4.78, 5) is 12.8. The summed E-state index contributed by atoms with van der Waals surface area (Å²) in [6, 6.07) is 0. The summed E-state index contributed by atoms with van der Waals surface area (Å²) in [7, 11) is 0. The van der Waals surface area contributed by atoms with Crippen LogP contribution in [0, 0.1) is 0 Å². The van der Waals surface area contributed by atoms with Gasteiger partial charge in [-0.15, -0.1) is 0 Å². The second-order valence-electron chi connectivity index (χ2n) is 14.5. The number of ether oxygens (including phenoxy) is 7. The van der Waals surface area contributed by atoms with Gasteiger partial charge in [0.1, 0.15) is 29.5 Å². The summed E-state index contributed by atoms with van der Waals surface area (Å²) in [6.45, 7) is 15.9. The van der Waals surface area contributed by atoms with E-state index < -0.39 is 53.7 Å². The average molecular weight is 628 g/mol. The van der Waals surface area contributed by atoms with E-state index in [4.69, 9.17) is 33.2 Å². The molecule has 3 aliphatic rings.